The maximum atomic E-state index is 12.9. The Bertz CT molecular complexity index is 1470. The highest BCUT2D eigenvalue weighted by Crippen LogP contribution is 2.30. The number of imide groups is 1. The van der Waals surface area contributed by atoms with Crippen molar-refractivity contribution in [3.05, 3.63) is 125 Å². The molecule has 4 aromatic rings. The number of benzene rings is 4. The van der Waals surface area contributed by atoms with E-state index in [-0.39, 0.29) is 10.7 Å². The van der Waals surface area contributed by atoms with Gasteiger partial charge >= 0.3 is 5.97 Å². The van der Waals surface area contributed by atoms with E-state index in [0.717, 1.165) is 16.0 Å². The number of carbonyl (C=O) groups excluding carboxylic acids is 3. The molecule has 0 saturated heterocycles. The van der Waals surface area contributed by atoms with E-state index in [9.17, 15) is 14.4 Å². The average Bonchev–Trinajstić information content (AvgIpc) is 3.13. The van der Waals surface area contributed by atoms with Gasteiger partial charge in [-0.25, -0.2) is 9.69 Å². The van der Waals surface area contributed by atoms with Crippen molar-refractivity contribution in [2.24, 2.45) is 0 Å². The molecule has 7 heteroatoms. The molecule has 5 rings (SSSR count). The first-order valence-electron chi connectivity index (χ1n) is 11.1. The molecule has 1 heterocycles. The summed E-state index contributed by atoms with van der Waals surface area (Å²) in [4.78, 5) is 39.0. The molecule has 4 aromatic carbocycles. The van der Waals surface area contributed by atoms with E-state index in [1.165, 1.54) is 0 Å². The SMILES string of the molecule is O=C(Oc1ccc(-c2ccccc2)cc1)c1ccc(NC2=C(Cl)C(=O)N(c3ccccc3)C2=O)cc1. The van der Waals surface area contributed by atoms with Crippen molar-refractivity contribution >= 4 is 40.8 Å². The van der Waals surface area contributed by atoms with Crippen LogP contribution in [0.3, 0.4) is 0 Å². The summed E-state index contributed by atoms with van der Waals surface area (Å²) in [7, 11) is 0. The number of hydrogen-bond donors (Lipinski definition) is 1. The van der Waals surface area contributed by atoms with Crippen LogP contribution in [0.15, 0.2) is 120 Å². The Labute approximate surface area is 212 Å². The highest BCUT2D eigenvalue weighted by molar-refractivity contribution is 6.53. The van der Waals surface area contributed by atoms with Crippen LogP contribution in [0.1, 0.15) is 10.4 Å². The van der Waals surface area contributed by atoms with E-state index in [0.29, 0.717) is 22.7 Å². The first-order chi connectivity index (χ1) is 17.5. The highest BCUT2D eigenvalue weighted by atomic mass is 35.5. The molecule has 1 aliphatic rings. The van der Waals surface area contributed by atoms with Gasteiger partial charge in [-0.3, -0.25) is 9.59 Å². The second-order valence-corrected chi connectivity index (χ2v) is 8.33. The zero-order chi connectivity index (χ0) is 25.1. The van der Waals surface area contributed by atoms with Crippen LogP contribution >= 0.6 is 11.6 Å². The number of nitrogens with zero attached hydrogens (tertiary/aromatic N) is 1. The van der Waals surface area contributed by atoms with Crippen molar-refractivity contribution in [1.29, 1.82) is 0 Å². The molecule has 0 radical (unpaired) electrons. The smallest absolute Gasteiger partial charge is 0.343 e. The molecular weight excluding hydrogens is 476 g/mol. The van der Waals surface area contributed by atoms with Crippen LogP contribution in [0, 0.1) is 0 Å². The first-order valence-corrected chi connectivity index (χ1v) is 11.5. The molecule has 0 aliphatic carbocycles. The summed E-state index contributed by atoms with van der Waals surface area (Å²) < 4.78 is 5.48. The van der Waals surface area contributed by atoms with Crippen molar-refractivity contribution in [2.75, 3.05) is 10.2 Å². The molecular formula is C29H19ClN2O4. The van der Waals surface area contributed by atoms with Gasteiger partial charge in [0.15, 0.2) is 0 Å². The van der Waals surface area contributed by atoms with E-state index in [4.69, 9.17) is 16.3 Å². The number of ether oxygens (including phenoxy) is 1. The average molecular weight is 495 g/mol. The first kappa shape index (κ1) is 23.1. The van der Waals surface area contributed by atoms with Gasteiger partial charge in [0.1, 0.15) is 16.5 Å². The number of carbonyl (C=O) groups is 3. The molecule has 0 spiro atoms. The second-order valence-electron chi connectivity index (χ2n) is 7.95. The van der Waals surface area contributed by atoms with Gasteiger partial charge in [0.25, 0.3) is 11.8 Å². The van der Waals surface area contributed by atoms with Crippen LogP contribution in [-0.2, 0) is 9.59 Å². The lowest BCUT2D eigenvalue weighted by Crippen LogP contribution is -2.32. The molecule has 0 bridgehead atoms. The van der Waals surface area contributed by atoms with Gasteiger partial charge in [0.05, 0.1) is 11.3 Å². The fourth-order valence-corrected chi connectivity index (χ4v) is 3.98. The van der Waals surface area contributed by atoms with Crippen LogP contribution in [0.2, 0.25) is 0 Å². The van der Waals surface area contributed by atoms with Crippen molar-refractivity contribution < 1.29 is 19.1 Å². The van der Waals surface area contributed by atoms with Crippen LogP contribution in [0.25, 0.3) is 11.1 Å². The molecule has 0 fully saturated rings. The van der Waals surface area contributed by atoms with Gasteiger partial charge < -0.3 is 10.1 Å². The summed E-state index contributed by atoms with van der Waals surface area (Å²) in [6.45, 7) is 0. The number of amides is 2. The van der Waals surface area contributed by atoms with E-state index in [1.807, 2.05) is 42.5 Å². The van der Waals surface area contributed by atoms with Gasteiger partial charge in [-0.05, 0) is 59.7 Å². The third-order valence-corrected chi connectivity index (χ3v) is 5.95. The number of esters is 1. The number of nitrogens with one attached hydrogen (secondary N) is 1. The van der Waals surface area contributed by atoms with Gasteiger partial charge in [-0.15, -0.1) is 0 Å². The third-order valence-electron chi connectivity index (χ3n) is 5.60. The van der Waals surface area contributed by atoms with Crippen LogP contribution in [0.4, 0.5) is 11.4 Å². The molecule has 176 valence electrons. The van der Waals surface area contributed by atoms with Crippen molar-refractivity contribution in [1.82, 2.24) is 0 Å². The molecule has 0 saturated carbocycles. The Morgan fingerprint density at radius 1 is 0.694 bits per heavy atom. The van der Waals surface area contributed by atoms with Gasteiger partial charge in [0.2, 0.25) is 0 Å². The number of hydrogen-bond acceptors (Lipinski definition) is 5. The number of anilines is 2. The number of rotatable bonds is 6. The molecule has 0 unspecified atom stereocenters. The summed E-state index contributed by atoms with van der Waals surface area (Å²) >= 11 is 6.17. The van der Waals surface area contributed by atoms with Gasteiger partial charge in [-0.1, -0.05) is 72.3 Å². The summed E-state index contributed by atoms with van der Waals surface area (Å²) in [5.41, 5.74) is 3.31. The van der Waals surface area contributed by atoms with Gasteiger partial charge in [-0.2, -0.15) is 0 Å². The molecule has 1 N–H and O–H groups in total. The zero-order valence-corrected chi connectivity index (χ0v) is 19.6. The normalized spacial score (nSPS) is 13.2. The molecule has 6 nitrogen and oxygen atoms in total. The Morgan fingerprint density at radius 3 is 1.92 bits per heavy atom. The summed E-state index contributed by atoms with van der Waals surface area (Å²) in [5, 5.41) is 2.69. The summed E-state index contributed by atoms with van der Waals surface area (Å²) in [5.74, 6) is -1.25. The quantitative estimate of drug-likeness (QED) is 0.202. The number of halogens is 1. The van der Waals surface area contributed by atoms with E-state index >= 15 is 0 Å². The monoisotopic (exact) mass is 494 g/mol. The molecule has 2 amide bonds. The largest absolute Gasteiger partial charge is 0.423 e. The topological polar surface area (TPSA) is 75.7 Å². The maximum Gasteiger partial charge on any atom is 0.343 e. The van der Waals surface area contributed by atoms with Gasteiger partial charge in [0, 0.05) is 5.69 Å². The second kappa shape index (κ2) is 9.90. The lowest BCUT2D eigenvalue weighted by atomic mass is 10.1. The van der Waals surface area contributed by atoms with E-state index in [2.05, 4.69) is 5.32 Å². The van der Waals surface area contributed by atoms with Crippen molar-refractivity contribution in [3.8, 4) is 16.9 Å². The lowest BCUT2D eigenvalue weighted by Gasteiger charge is -2.14. The summed E-state index contributed by atoms with van der Waals surface area (Å²) in [6, 6.07) is 32.0. The highest BCUT2D eigenvalue weighted by Gasteiger charge is 2.38. The standard InChI is InChI=1S/C29H19ClN2O4/c30-25-26(28(34)32(27(25)33)23-9-5-2-6-10-23)31-22-15-11-21(12-16-22)29(35)36-24-17-13-20(14-18-24)19-7-3-1-4-8-19/h1-18,31H. The zero-order valence-electron chi connectivity index (χ0n) is 18.9. The van der Waals surface area contributed by atoms with Crippen LogP contribution < -0.4 is 15.0 Å². The fraction of sp³-hybridized carbons (Fsp3) is 0. The Hall–Kier alpha value is -4.68. The number of para-hydroxylation sites is 1. The summed E-state index contributed by atoms with van der Waals surface area (Å²) in [6.07, 6.45) is 0. The van der Waals surface area contributed by atoms with E-state index in [1.54, 1.807) is 66.7 Å². The lowest BCUT2D eigenvalue weighted by molar-refractivity contribution is -0.120. The molecule has 36 heavy (non-hydrogen) atoms. The molecule has 1 aliphatic heterocycles. The molecule has 0 aromatic heterocycles. The minimum absolute atomic E-state index is 0.0284. The Morgan fingerprint density at radius 2 is 1.28 bits per heavy atom. The Kier molecular flexibility index (Phi) is 6.34. The minimum atomic E-state index is -0.603. The van der Waals surface area contributed by atoms with Crippen LogP contribution in [-0.4, -0.2) is 17.8 Å². The predicted octanol–water partition coefficient (Wildman–Crippen LogP) is 6.01. The molecule has 0 atom stereocenters. The maximum absolute atomic E-state index is 12.9. The minimum Gasteiger partial charge on any atom is -0.423 e. The third kappa shape index (κ3) is 4.62. The van der Waals surface area contributed by atoms with Crippen molar-refractivity contribution in [3.63, 3.8) is 0 Å². The fourth-order valence-electron chi connectivity index (χ4n) is 3.77. The predicted molar refractivity (Wildman–Crippen MR) is 139 cm³/mol. The Balaban J connectivity index is 1.25. The van der Waals surface area contributed by atoms with Crippen LogP contribution in [0.5, 0.6) is 5.75 Å². The van der Waals surface area contributed by atoms with Crippen molar-refractivity contribution in [2.45, 2.75) is 0 Å². The van der Waals surface area contributed by atoms with E-state index < -0.39 is 17.8 Å².